The molecule has 236 valence electrons. The third-order valence-corrected chi connectivity index (χ3v) is 7.80. The minimum absolute atomic E-state index is 0.00118. The lowest BCUT2D eigenvalue weighted by Gasteiger charge is -2.38. The van der Waals surface area contributed by atoms with E-state index in [1.165, 1.54) is 0 Å². The Kier molecular flexibility index (Phi) is 11.8. The molecule has 0 aliphatic carbocycles. The van der Waals surface area contributed by atoms with Gasteiger partial charge in [0.05, 0.1) is 18.2 Å². The first-order chi connectivity index (χ1) is 21.1. The summed E-state index contributed by atoms with van der Waals surface area (Å²) in [4.78, 5) is 32.2. The highest BCUT2D eigenvalue weighted by Crippen LogP contribution is 2.31. The average Bonchev–Trinajstić information content (AvgIpc) is 3.00. The molecule has 0 radical (unpaired) electrons. The van der Waals surface area contributed by atoms with Gasteiger partial charge < -0.3 is 29.7 Å². The number of nitrogens with one attached hydrogen (secondary N) is 1. The van der Waals surface area contributed by atoms with E-state index in [0.29, 0.717) is 43.1 Å². The first-order valence-corrected chi connectivity index (χ1v) is 15.3. The Hall–Kier alpha value is -3.92. The van der Waals surface area contributed by atoms with E-state index < -0.39 is 0 Å². The summed E-state index contributed by atoms with van der Waals surface area (Å²) >= 11 is 0. The minimum atomic E-state index is -0.366. The third-order valence-electron chi connectivity index (χ3n) is 7.80. The van der Waals surface area contributed by atoms with E-state index in [-0.39, 0.29) is 36.5 Å². The maximum atomic E-state index is 13.7. The Morgan fingerprint density at radius 2 is 1.77 bits per heavy atom. The van der Waals surface area contributed by atoms with Gasteiger partial charge in [-0.2, -0.15) is 0 Å². The van der Waals surface area contributed by atoms with Crippen LogP contribution in [0, 0.1) is 5.92 Å². The highest BCUT2D eigenvalue weighted by Gasteiger charge is 2.33. The van der Waals surface area contributed by atoms with Crippen LogP contribution in [0.15, 0.2) is 72.8 Å². The molecule has 1 aliphatic rings. The SMILES string of the molecule is C[C@H](CO)N1C[C@H](C)[C@H](CN(C)Cc2ccc(Oc3ccccc3)cc2)Oc2ccc(NC(=O)CCCN(C)C)cc2C1=O. The number of ether oxygens (including phenoxy) is 2. The number of hydrogen-bond donors (Lipinski definition) is 2. The molecule has 0 saturated carbocycles. The number of aliphatic hydroxyl groups is 1. The number of amides is 2. The normalized spacial score (nSPS) is 17.5. The van der Waals surface area contributed by atoms with E-state index in [0.717, 1.165) is 30.0 Å². The van der Waals surface area contributed by atoms with Crippen molar-refractivity contribution in [1.82, 2.24) is 14.7 Å². The quantitative estimate of drug-likeness (QED) is 0.281. The number of carbonyl (C=O) groups is 2. The second-order valence-electron chi connectivity index (χ2n) is 12.0. The van der Waals surface area contributed by atoms with E-state index in [9.17, 15) is 14.7 Å². The average molecular weight is 603 g/mol. The van der Waals surface area contributed by atoms with Crippen LogP contribution in [0.4, 0.5) is 5.69 Å². The number of likely N-dealkylation sites (N-methyl/N-ethyl adjacent to an activating group) is 1. The van der Waals surface area contributed by atoms with Gasteiger partial charge in [0.1, 0.15) is 23.4 Å². The largest absolute Gasteiger partial charge is 0.488 e. The summed E-state index contributed by atoms with van der Waals surface area (Å²) in [7, 11) is 6.00. The van der Waals surface area contributed by atoms with E-state index in [2.05, 4.69) is 36.3 Å². The fourth-order valence-electron chi connectivity index (χ4n) is 5.27. The van der Waals surface area contributed by atoms with Gasteiger partial charge in [0.2, 0.25) is 5.91 Å². The molecule has 44 heavy (non-hydrogen) atoms. The number of hydrogen-bond acceptors (Lipinski definition) is 7. The van der Waals surface area contributed by atoms with Crippen LogP contribution < -0.4 is 14.8 Å². The molecule has 0 bridgehead atoms. The number of nitrogens with zero attached hydrogens (tertiary/aromatic N) is 3. The van der Waals surface area contributed by atoms with E-state index in [1.807, 2.05) is 68.4 Å². The lowest BCUT2D eigenvalue weighted by atomic mass is 9.99. The molecule has 9 heteroatoms. The second kappa shape index (κ2) is 15.7. The zero-order valence-corrected chi connectivity index (χ0v) is 26.5. The Morgan fingerprint density at radius 3 is 2.45 bits per heavy atom. The van der Waals surface area contributed by atoms with Crippen molar-refractivity contribution in [3.05, 3.63) is 83.9 Å². The summed E-state index contributed by atoms with van der Waals surface area (Å²) in [6, 6.07) is 22.6. The summed E-state index contributed by atoms with van der Waals surface area (Å²) < 4.78 is 12.5. The molecule has 0 spiro atoms. The van der Waals surface area contributed by atoms with Crippen LogP contribution in [-0.4, -0.2) is 91.2 Å². The van der Waals surface area contributed by atoms with Crippen LogP contribution in [-0.2, 0) is 11.3 Å². The minimum Gasteiger partial charge on any atom is -0.488 e. The van der Waals surface area contributed by atoms with Crippen LogP contribution >= 0.6 is 0 Å². The van der Waals surface area contributed by atoms with Gasteiger partial charge in [-0.15, -0.1) is 0 Å². The molecule has 3 atom stereocenters. The van der Waals surface area contributed by atoms with Crippen LogP contribution in [0.2, 0.25) is 0 Å². The third kappa shape index (κ3) is 9.29. The number of rotatable bonds is 13. The number of benzene rings is 3. The topological polar surface area (TPSA) is 94.6 Å². The van der Waals surface area contributed by atoms with Gasteiger partial charge in [0, 0.05) is 37.7 Å². The molecule has 1 aliphatic heterocycles. The molecule has 0 unspecified atom stereocenters. The van der Waals surface area contributed by atoms with Crippen molar-refractivity contribution in [2.24, 2.45) is 5.92 Å². The van der Waals surface area contributed by atoms with Crippen LogP contribution in [0.1, 0.15) is 42.6 Å². The number of para-hydroxylation sites is 1. The zero-order valence-electron chi connectivity index (χ0n) is 26.5. The zero-order chi connectivity index (χ0) is 31.6. The maximum absolute atomic E-state index is 13.7. The molecule has 3 aromatic rings. The molecule has 0 fully saturated rings. The summed E-state index contributed by atoms with van der Waals surface area (Å²) in [5.41, 5.74) is 2.07. The fourth-order valence-corrected chi connectivity index (χ4v) is 5.27. The van der Waals surface area contributed by atoms with Crippen LogP contribution in [0.3, 0.4) is 0 Å². The van der Waals surface area contributed by atoms with Crippen molar-refractivity contribution in [2.75, 3.05) is 52.7 Å². The molecule has 0 aromatic heterocycles. The molecule has 3 aromatic carbocycles. The highest BCUT2D eigenvalue weighted by molar-refractivity contribution is 5.99. The molecular weight excluding hydrogens is 556 g/mol. The predicted octanol–water partition coefficient (Wildman–Crippen LogP) is 5.11. The highest BCUT2D eigenvalue weighted by atomic mass is 16.5. The standard InChI is InChI=1S/C35H46N4O5/c1-25-21-39(26(2)24-40)35(42)31-20-28(36-34(41)12-9-19-37(3)4)15-18-32(31)44-33(25)23-38(5)22-27-13-16-30(17-14-27)43-29-10-7-6-8-11-29/h6-8,10-11,13-18,20,25-26,33,40H,9,12,19,21-24H2,1-5H3,(H,36,41)/t25-,26+,33-/m0/s1. The number of anilines is 1. The van der Waals surface area contributed by atoms with E-state index >= 15 is 0 Å². The smallest absolute Gasteiger partial charge is 0.258 e. The van der Waals surface area contributed by atoms with Crippen molar-refractivity contribution < 1.29 is 24.2 Å². The number of fused-ring (bicyclic) bond motifs is 1. The summed E-state index contributed by atoms with van der Waals surface area (Å²) in [6.45, 7) is 6.36. The van der Waals surface area contributed by atoms with Gasteiger partial charge in [-0.1, -0.05) is 37.3 Å². The van der Waals surface area contributed by atoms with Crippen molar-refractivity contribution in [3.8, 4) is 17.2 Å². The molecule has 1 heterocycles. The first-order valence-electron chi connectivity index (χ1n) is 15.3. The van der Waals surface area contributed by atoms with Gasteiger partial charge in [0.25, 0.3) is 5.91 Å². The van der Waals surface area contributed by atoms with Crippen molar-refractivity contribution in [2.45, 2.75) is 45.4 Å². The Labute approximate surface area is 261 Å². The first kappa shape index (κ1) is 33.0. The summed E-state index contributed by atoms with van der Waals surface area (Å²) in [6.07, 6.45) is 0.918. The van der Waals surface area contributed by atoms with Gasteiger partial charge in [-0.3, -0.25) is 14.5 Å². The fraction of sp³-hybridized carbons (Fsp3) is 0.429. The van der Waals surface area contributed by atoms with Gasteiger partial charge in [-0.05, 0) is 89.1 Å². The monoisotopic (exact) mass is 602 g/mol. The van der Waals surface area contributed by atoms with Crippen molar-refractivity contribution >= 4 is 17.5 Å². The van der Waals surface area contributed by atoms with Gasteiger partial charge in [0.15, 0.2) is 0 Å². The molecule has 2 N–H and O–H groups in total. The Bertz CT molecular complexity index is 1370. The second-order valence-corrected chi connectivity index (χ2v) is 12.0. The maximum Gasteiger partial charge on any atom is 0.258 e. The van der Waals surface area contributed by atoms with Crippen LogP contribution in [0.5, 0.6) is 17.2 Å². The number of carbonyl (C=O) groups excluding carboxylic acids is 2. The lowest BCUT2D eigenvalue weighted by Crippen LogP contribution is -2.49. The Balaban J connectivity index is 1.46. The Morgan fingerprint density at radius 1 is 1.07 bits per heavy atom. The van der Waals surface area contributed by atoms with Gasteiger partial charge >= 0.3 is 0 Å². The van der Waals surface area contributed by atoms with E-state index in [4.69, 9.17) is 9.47 Å². The molecule has 9 nitrogen and oxygen atoms in total. The molecule has 0 saturated heterocycles. The van der Waals surface area contributed by atoms with E-state index in [1.54, 1.807) is 23.1 Å². The lowest BCUT2D eigenvalue weighted by molar-refractivity contribution is -0.116. The predicted molar refractivity (Wildman–Crippen MR) is 173 cm³/mol. The molecular formula is C35H46N4O5. The number of aliphatic hydroxyl groups excluding tert-OH is 1. The molecule has 4 rings (SSSR count). The van der Waals surface area contributed by atoms with Crippen molar-refractivity contribution in [1.29, 1.82) is 0 Å². The summed E-state index contributed by atoms with van der Waals surface area (Å²) in [5.74, 6) is 1.74. The van der Waals surface area contributed by atoms with Gasteiger partial charge in [-0.25, -0.2) is 0 Å². The van der Waals surface area contributed by atoms with Crippen molar-refractivity contribution in [3.63, 3.8) is 0 Å². The molecule has 2 amide bonds. The van der Waals surface area contributed by atoms with Crippen LogP contribution in [0.25, 0.3) is 0 Å². The summed E-state index contributed by atoms with van der Waals surface area (Å²) in [5, 5.41) is 12.9.